The molecule has 3 rings (SSSR count). The van der Waals surface area contributed by atoms with Crippen LogP contribution in [0.1, 0.15) is 16.7 Å². The van der Waals surface area contributed by atoms with Crippen molar-refractivity contribution in [1.29, 1.82) is 0 Å². The van der Waals surface area contributed by atoms with Crippen LogP contribution in [0.3, 0.4) is 0 Å². The van der Waals surface area contributed by atoms with Gasteiger partial charge < -0.3 is 15.1 Å². The Hall–Kier alpha value is -1.69. The summed E-state index contributed by atoms with van der Waals surface area (Å²) in [5.74, 6) is 0.715. The lowest BCUT2D eigenvalue weighted by molar-refractivity contribution is 0.222. The zero-order valence-corrected chi connectivity index (χ0v) is 22.4. The van der Waals surface area contributed by atoms with Crippen LogP contribution in [-0.4, -0.2) is 75.8 Å². The molecule has 0 radical (unpaired) electrons. The van der Waals surface area contributed by atoms with Crippen LogP contribution in [0.4, 0.5) is 0 Å². The summed E-state index contributed by atoms with van der Waals surface area (Å²) in [6, 6.07) is 15.6. The normalized spacial score (nSPS) is 15.8. The average Bonchev–Trinajstić information content (AvgIpc) is 2.76. The fraction of sp³-hybridized carbons (Fsp3) is 0.435. The van der Waals surface area contributed by atoms with Gasteiger partial charge in [-0.1, -0.05) is 48.0 Å². The van der Waals surface area contributed by atoms with Crippen molar-refractivity contribution in [2.45, 2.75) is 24.9 Å². The van der Waals surface area contributed by atoms with Crippen molar-refractivity contribution in [3.8, 4) is 0 Å². The first kappa shape index (κ1) is 26.6. The van der Waals surface area contributed by atoms with Crippen LogP contribution in [0.15, 0.2) is 58.4 Å². The molecule has 0 atom stereocenters. The topological polar surface area (TPSA) is 68.2 Å². The number of sulfonamides is 1. The lowest BCUT2D eigenvalue weighted by atomic mass is 10.1. The summed E-state index contributed by atoms with van der Waals surface area (Å²) in [5, 5.41) is 3.32. The Labute approximate surface area is 209 Å². The molecular weight excluding hydrogens is 537 g/mol. The van der Waals surface area contributed by atoms with E-state index in [1.807, 2.05) is 31.1 Å². The first-order valence-electron chi connectivity index (χ1n) is 10.5. The predicted molar refractivity (Wildman–Crippen MR) is 141 cm³/mol. The Morgan fingerprint density at radius 1 is 1.06 bits per heavy atom. The number of hydrogen-bond acceptors (Lipinski definition) is 4. The minimum atomic E-state index is -3.53. The third kappa shape index (κ3) is 6.66. The van der Waals surface area contributed by atoms with E-state index in [2.05, 4.69) is 46.4 Å². The molecule has 0 aromatic heterocycles. The maximum absolute atomic E-state index is 13.3. The summed E-state index contributed by atoms with van der Waals surface area (Å²) < 4.78 is 28.1. The van der Waals surface area contributed by atoms with Gasteiger partial charge in [0.2, 0.25) is 10.0 Å². The van der Waals surface area contributed by atoms with Crippen molar-refractivity contribution in [1.82, 2.24) is 19.4 Å². The molecule has 1 heterocycles. The van der Waals surface area contributed by atoms with E-state index in [1.165, 1.54) is 11.1 Å². The van der Waals surface area contributed by atoms with Gasteiger partial charge >= 0.3 is 0 Å². The molecule has 0 spiro atoms. The minimum absolute atomic E-state index is 0. The zero-order chi connectivity index (χ0) is 22.4. The molecule has 0 bridgehead atoms. The second-order valence-corrected chi connectivity index (χ2v) is 9.96. The summed E-state index contributed by atoms with van der Waals surface area (Å²) in [7, 11) is 2.20. The van der Waals surface area contributed by atoms with Crippen LogP contribution < -0.4 is 5.32 Å². The maximum Gasteiger partial charge on any atom is 0.243 e. The second-order valence-electron chi connectivity index (χ2n) is 8.06. The van der Waals surface area contributed by atoms with Crippen LogP contribution in [0.5, 0.6) is 0 Å². The molecule has 176 valence electrons. The third-order valence-corrected chi connectivity index (χ3v) is 7.60. The van der Waals surface area contributed by atoms with Gasteiger partial charge in [-0.2, -0.15) is 4.31 Å². The van der Waals surface area contributed by atoms with Gasteiger partial charge in [0.15, 0.2) is 5.96 Å². The summed E-state index contributed by atoms with van der Waals surface area (Å²) >= 11 is 0. The van der Waals surface area contributed by atoms with E-state index in [9.17, 15) is 8.42 Å². The van der Waals surface area contributed by atoms with Gasteiger partial charge in [0.1, 0.15) is 0 Å². The molecule has 0 unspecified atom stereocenters. The molecule has 32 heavy (non-hydrogen) atoms. The molecule has 1 N–H and O–H groups in total. The maximum atomic E-state index is 13.3. The zero-order valence-electron chi connectivity index (χ0n) is 19.3. The number of benzene rings is 2. The van der Waals surface area contributed by atoms with Gasteiger partial charge in [0, 0.05) is 53.4 Å². The molecule has 1 aliphatic heterocycles. The number of piperazine rings is 1. The number of nitrogens with zero attached hydrogens (tertiary/aromatic N) is 4. The fourth-order valence-corrected chi connectivity index (χ4v) is 5.31. The Morgan fingerprint density at radius 2 is 1.69 bits per heavy atom. The molecule has 0 saturated carbocycles. The smallest absolute Gasteiger partial charge is 0.243 e. The second kappa shape index (κ2) is 12.0. The first-order chi connectivity index (χ1) is 14.8. The summed E-state index contributed by atoms with van der Waals surface area (Å²) in [6.45, 7) is 5.69. The lowest BCUT2D eigenvalue weighted by Gasteiger charge is -2.32. The van der Waals surface area contributed by atoms with Gasteiger partial charge in [0.25, 0.3) is 0 Å². The van der Waals surface area contributed by atoms with Crippen LogP contribution >= 0.6 is 24.0 Å². The molecule has 2 aromatic rings. The molecule has 9 heteroatoms. The Bertz CT molecular complexity index is 1000. The average molecular weight is 572 g/mol. The molecule has 1 aliphatic rings. The Morgan fingerprint density at radius 3 is 2.31 bits per heavy atom. The quantitative estimate of drug-likeness (QED) is 0.328. The predicted octanol–water partition coefficient (Wildman–Crippen LogP) is 2.76. The number of likely N-dealkylation sites (N-methyl/N-ethyl adjacent to an activating group) is 1. The van der Waals surface area contributed by atoms with Crippen molar-refractivity contribution in [2.24, 2.45) is 4.99 Å². The van der Waals surface area contributed by atoms with Gasteiger partial charge in [-0.05, 0) is 31.2 Å². The largest absolute Gasteiger partial charge is 0.352 e. The van der Waals surface area contributed by atoms with Crippen molar-refractivity contribution in [2.75, 3.05) is 47.3 Å². The molecule has 7 nitrogen and oxygen atoms in total. The van der Waals surface area contributed by atoms with E-state index < -0.39 is 10.0 Å². The minimum Gasteiger partial charge on any atom is -0.352 e. The number of guanidine groups is 1. The highest BCUT2D eigenvalue weighted by Crippen LogP contribution is 2.21. The highest BCUT2D eigenvalue weighted by Gasteiger charge is 2.29. The number of rotatable bonds is 6. The van der Waals surface area contributed by atoms with Crippen LogP contribution in [0.25, 0.3) is 0 Å². The van der Waals surface area contributed by atoms with Crippen molar-refractivity contribution >= 4 is 40.0 Å². The van der Waals surface area contributed by atoms with Gasteiger partial charge in [-0.3, -0.25) is 4.99 Å². The summed E-state index contributed by atoms with van der Waals surface area (Å²) in [6.07, 6.45) is 0. The Kier molecular flexibility index (Phi) is 9.93. The van der Waals surface area contributed by atoms with Crippen LogP contribution in [0.2, 0.25) is 0 Å². The Balaban J connectivity index is 0.00000363. The van der Waals surface area contributed by atoms with E-state index in [0.717, 1.165) is 18.7 Å². The number of hydrogen-bond donors (Lipinski definition) is 1. The van der Waals surface area contributed by atoms with E-state index in [-0.39, 0.29) is 24.0 Å². The van der Waals surface area contributed by atoms with Gasteiger partial charge in [0.05, 0.1) is 4.90 Å². The fourth-order valence-electron chi connectivity index (χ4n) is 3.67. The first-order valence-corrected chi connectivity index (χ1v) is 12.0. The third-order valence-electron chi connectivity index (χ3n) is 5.60. The number of halogens is 1. The van der Waals surface area contributed by atoms with Gasteiger partial charge in [-0.25, -0.2) is 8.42 Å². The summed E-state index contributed by atoms with van der Waals surface area (Å²) in [4.78, 5) is 8.91. The van der Waals surface area contributed by atoms with E-state index in [1.54, 1.807) is 23.5 Å². The van der Waals surface area contributed by atoms with E-state index in [0.29, 0.717) is 37.0 Å². The molecule has 2 aromatic carbocycles. The molecule has 0 aliphatic carbocycles. The molecule has 0 amide bonds. The van der Waals surface area contributed by atoms with Crippen molar-refractivity contribution in [3.05, 3.63) is 65.2 Å². The van der Waals surface area contributed by atoms with E-state index >= 15 is 0 Å². The molecule has 1 fully saturated rings. The number of nitrogens with one attached hydrogen (secondary N) is 1. The summed E-state index contributed by atoms with van der Waals surface area (Å²) in [5.41, 5.74) is 3.16. The van der Waals surface area contributed by atoms with Gasteiger partial charge in [-0.15, -0.1) is 24.0 Å². The standard InChI is InChI=1S/C23H33N5O2S.HI/c1-19-9-11-20(12-10-19)18-27(4)23(24-2)25-17-21-7-5-6-8-22(21)31(29,30)28-15-13-26(3)14-16-28;/h5-12H,13-18H2,1-4H3,(H,24,25);1H. The molecular formula is C23H34IN5O2S. The SMILES string of the molecule is CN=C(NCc1ccccc1S(=O)(=O)N1CCN(C)CC1)N(C)Cc1ccc(C)cc1.I. The van der Waals surface area contributed by atoms with Crippen LogP contribution in [-0.2, 0) is 23.1 Å². The van der Waals surface area contributed by atoms with E-state index in [4.69, 9.17) is 0 Å². The monoisotopic (exact) mass is 571 g/mol. The lowest BCUT2D eigenvalue weighted by Crippen LogP contribution is -2.47. The highest BCUT2D eigenvalue weighted by atomic mass is 127. The van der Waals surface area contributed by atoms with Crippen molar-refractivity contribution < 1.29 is 8.42 Å². The highest BCUT2D eigenvalue weighted by molar-refractivity contribution is 14.0. The number of aliphatic imine (C=N–C) groups is 1. The van der Waals surface area contributed by atoms with Crippen LogP contribution in [0, 0.1) is 6.92 Å². The van der Waals surface area contributed by atoms with Crippen molar-refractivity contribution in [3.63, 3.8) is 0 Å². The molecule has 1 saturated heterocycles. The number of aryl methyl sites for hydroxylation is 1.